The highest BCUT2D eigenvalue weighted by Gasteiger charge is 2.17. The number of hydrogen-bond acceptors (Lipinski definition) is 5. The first kappa shape index (κ1) is 18.5. The number of halogens is 1. The normalized spacial score (nSPS) is 12.0. The SMILES string of the molecule is CC(C)Cn1c(=O)c(-c2ccc(Cl)cc2)cc2cnc(S(C)(=O)=O)nc21. The molecular formula is C18H18ClN3O3S. The maximum Gasteiger partial charge on any atom is 0.260 e. The van der Waals surface area contributed by atoms with Gasteiger partial charge in [0.15, 0.2) is 0 Å². The minimum atomic E-state index is -3.57. The van der Waals surface area contributed by atoms with Gasteiger partial charge in [0.2, 0.25) is 15.0 Å². The fourth-order valence-corrected chi connectivity index (χ4v) is 3.32. The van der Waals surface area contributed by atoms with Crippen molar-refractivity contribution in [3.63, 3.8) is 0 Å². The van der Waals surface area contributed by atoms with Crippen LogP contribution < -0.4 is 5.56 Å². The third kappa shape index (κ3) is 3.64. The molecule has 0 saturated carbocycles. The fourth-order valence-electron chi connectivity index (χ4n) is 2.69. The van der Waals surface area contributed by atoms with E-state index in [1.54, 1.807) is 30.3 Å². The van der Waals surface area contributed by atoms with Crippen LogP contribution in [0.1, 0.15) is 13.8 Å². The van der Waals surface area contributed by atoms with Crippen molar-refractivity contribution in [2.45, 2.75) is 25.5 Å². The second-order valence-electron chi connectivity index (χ2n) is 6.58. The van der Waals surface area contributed by atoms with Crippen molar-refractivity contribution in [1.29, 1.82) is 0 Å². The molecule has 3 rings (SSSR count). The zero-order chi connectivity index (χ0) is 19.1. The van der Waals surface area contributed by atoms with E-state index in [9.17, 15) is 13.2 Å². The van der Waals surface area contributed by atoms with Gasteiger partial charge < -0.3 is 0 Å². The monoisotopic (exact) mass is 391 g/mol. The smallest absolute Gasteiger partial charge is 0.260 e. The quantitative estimate of drug-likeness (QED) is 0.638. The highest BCUT2D eigenvalue weighted by molar-refractivity contribution is 7.90. The van der Waals surface area contributed by atoms with E-state index in [4.69, 9.17) is 11.6 Å². The van der Waals surface area contributed by atoms with E-state index in [0.717, 1.165) is 11.8 Å². The molecule has 0 saturated heterocycles. The van der Waals surface area contributed by atoms with E-state index in [2.05, 4.69) is 9.97 Å². The van der Waals surface area contributed by atoms with E-state index in [0.29, 0.717) is 28.2 Å². The van der Waals surface area contributed by atoms with E-state index in [1.807, 2.05) is 13.8 Å². The first-order valence-corrected chi connectivity index (χ1v) is 10.3. The van der Waals surface area contributed by atoms with E-state index < -0.39 is 9.84 Å². The Morgan fingerprint density at radius 2 is 1.85 bits per heavy atom. The first-order valence-electron chi connectivity index (χ1n) is 8.03. The molecule has 1 aromatic carbocycles. The van der Waals surface area contributed by atoms with Gasteiger partial charge in [-0.2, -0.15) is 4.98 Å². The van der Waals surface area contributed by atoms with E-state index >= 15 is 0 Å². The molecule has 0 aliphatic carbocycles. The predicted molar refractivity (Wildman–Crippen MR) is 102 cm³/mol. The van der Waals surface area contributed by atoms with Gasteiger partial charge in [-0.1, -0.05) is 37.6 Å². The van der Waals surface area contributed by atoms with Crippen LogP contribution in [-0.2, 0) is 16.4 Å². The lowest BCUT2D eigenvalue weighted by Gasteiger charge is -2.14. The van der Waals surface area contributed by atoms with Crippen LogP contribution >= 0.6 is 11.6 Å². The maximum absolute atomic E-state index is 13.1. The molecule has 2 heterocycles. The third-order valence-electron chi connectivity index (χ3n) is 3.84. The summed E-state index contributed by atoms with van der Waals surface area (Å²) in [6.07, 6.45) is 2.48. The number of nitrogens with zero attached hydrogens (tertiary/aromatic N) is 3. The molecule has 8 heteroatoms. The molecule has 0 atom stereocenters. The zero-order valence-electron chi connectivity index (χ0n) is 14.6. The molecule has 0 radical (unpaired) electrons. The van der Waals surface area contributed by atoms with Crippen LogP contribution in [0.2, 0.25) is 5.02 Å². The van der Waals surface area contributed by atoms with E-state index in [-0.39, 0.29) is 16.6 Å². The number of rotatable bonds is 4. The highest BCUT2D eigenvalue weighted by atomic mass is 35.5. The molecular weight excluding hydrogens is 374 g/mol. The molecule has 0 aliphatic heterocycles. The summed E-state index contributed by atoms with van der Waals surface area (Å²) in [7, 11) is -3.57. The lowest BCUT2D eigenvalue weighted by Crippen LogP contribution is -2.25. The molecule has 26 heavy (non-hydrogen) atoms. The topological polar surface area (TPSA) is 81.9 Å². The van der Waals surface area contributed by atoms with Crippen molar-refractivity contribution in [3.05, 3.63) is 51.9 Å². The minimum absolute atomic E-state index is 0.174. The predicted octanol–water partition coefficient (Wildman–Crippen LogP) is 3.17. The summed E-state index contributed by atoms with van der Waals surface area (Å²) in [5.74, 6) is 0.174. The summed E-state index contributed by atoms with van der Waals surface area (Å²) >= 11 is 5.93. The van der Waals surface area contributed by atoms with Crippen molar-refractivity contribution in [2.24, 2.45) is 5.92 Å². The van der Waals surface area contributed by atoms with Crippen molar-refractivity contribution in [3.8, 4) is 11.1 Å². The molecule has 6 nitrogen and oxygen atoms in total. The highest BCUT2D eigenvalue weighted by Crippen LogP contribution is 2.23. The third-order valence-corrected chi connectivity index (χ3v) is 4.95. The summed E-state index contributed by atoms with van der Waals surface area (Å²) in [5, 5.41) is 0.891. The van der Waals surface area contributed by atoms with Crippen LogP contribution in [0.5, 0.6) is 0 Å². The van der Waals surface area contributed by atoms with Crippen molar-refractivity contribution in [1.82, 2.24) is 14.5 Å². The average Bonchev–Trinajstić information content (AvgIpc) is 2.56. The molecule has 0 bridgehead atoms. The van der Waals surface area contributed by atoms with Gasteiger partial charge in [0.25, 0.3) is 5.56 Å². The van der Waals surface area contributed by atoms with Crippen LogP contribution in [0.25, 0.3) is 22.2 Å². The molecule has 136 valence electrons. The van der Waals surface area contributed by atoms with Gasteiger partial charge in [0.1, 0.15) is 5.65 Å². The van der Waals surface area contributed by atoms with Crippen LogP contribution in [0.4, 0.5) is 0 Å². The molecule has 0 N–H and O–H groups in total. The van der Waals surface area contributed by atoms with E-state index in [1.165, 1.54) is 10.8 Å². The Morgan fingerprint density at radius 1 is 1.19 bits per heavy atom. The fraction of sp³-hybridized carbons (Fsp3) is 0.278. The van der Waals surface area contributed by atoms with Gasteiger partial charge in [-0.15, -0.1) is 0 Å². The lowest BCUT2D eigenvalue weighted by molar-refractivity contribution is 0.520. The summed E-state index contributed by atoms with van der Waals surface area (Å²) < 4.78 is 25.1. The van der Waals surface area contributed by atoms with Crippen LogP contribution in [-0.4, -0.2) is 29.2 Å². The first-order chi connectivity index (χ1) is 12.2. The van der Waals surface area contributed by atoms with Crippen LogP contribution in [0.15, 0.2) is 46.5 Å². The molecule has 3 aromatic rings. The van der Waals surface area contributed by atoms with Gasteiger partial charge >= 0.3 is 0 Å². The van der Waals surface area contributed by atoms with Crippen molar-refractivity contribution in [2.75, 3.05) is 6.26 Å². The summed E-state index contributed by atoms with van der Waals surface area (Å²) in [6, 6.07) is 8.67. The number of sulfone groups is 1. The second kappa shape index (κ2) is 6.81. The average molecular weight is 392 g/mol. The zero-order valence-corrected chi connectivity index (χ0v) is 16.2. The number of benzene rings is 1. The summed E-state index contributed by atoms with van der Waals surface area (Å²) in [6.45, 7) is 4.37. The Labute approximate surface area is 156 Å². The van der Waals surface area contributed by atoms with Gasteiger partial charge in [0, 0.05) is 35.0 Å². The second-order valence-corrected chi connectivity index (χ2v) is 8.92. The maximum atomic E-state index is 13.1. The molecule has 0 amide bonds. The van der Waals surface area contributed by atoms with Crippen molar-refractivity contribution >= 4 is 32.5 Å². The van der Waals surface area contributed by atoms with Crippen LogP contribution in [0.3, 0.4) is 0 Å². The van der Waals surface area contributed by atoms with Gasteiger partial charge in [-0.3, -0.25) is 9.36 Å². The van der Waals surface area contributed by atoms with Crippen molar-refractivity contribution < 1.29 is 8.42 Å². The molecule has 0 unspecified atom stereocenters. The standard InChI is InChI=1S/C18H18ClN3O3S/c1-11(2)10-22-16-13(9-20-18(21-16)26(3,24)25)8-15(17(22)23)12-4-6-14(19)7-5-12/h4-9,11H,10H2,1-3H3. The number of aromatic nitrogens is 3. The van der Waals surface area contributed by atoms with Gasteiger partial charge in [-0.25, -0.2) is 13.4 Å². The van der Waals surface area contributed by atoms with Gasteiger partial charge in [-0.05, 0) is 29.7 Å². The number of pyridine rings is 1. The Bertz CT molecular complexity index is 1140. The Morgan fingerprint density at radius 3 is 2.42 bits per heavy atom. The van der Waals surface area contributed by atoms with Crippen LogP contribution in [0, 0.1) is 5.92 Å². The number of fused-ring (bicyclic) bond motifs is 1. The summed E-state index contributed by atoms with van der Waals surface area (Å²) in [5.41, 5.74) is 1.31. The largest absolute Gasteiger partial charge is 0.292 e. The Balaban J connectivity index is 2.34. The Kier molecular flexibility index (Phi) is 4.86. The molecule has 0 spiro atoms. The molecule has 0 aliphatic rings. The van der Waals surface area contributed by atoms with Gasteiger partial charge in [0.05, 0.1) is 0 Å². The lowest BCUT2D eigenvalue weighted by atomic mass is 10.1. The number of hydrogen-bond donors (Lipinski definition) is 0. The molecule has 0 fully saturated rings. The summed E-state index contributed by atoms with van der Waals surface area (Å²) in [4.78, 5) is 21.2. The molecule has 2 aromatic heterocycles. The Hall–Kier alpha value is -2.25. The minimum Gasteiger partial charge on any atom is -0.292 e.